The van der Waals surface area contributed by atoms with Crippen molar-refractivity contribution in [3.63, 3.8) is 0 Å². The lowest BCUT2D eigenvalue weighted by atomic mass is 10.1. The number of nitrogens with one attached hydrogen (secondary N) is 1. The van der Waals surface area contributed by atoms with Gasteiger partial charge in [0.15, 0.2) is 0 Å². The summed E-state index contributed by atoms with van der Waals surface area (Å²) in [5.41, 5.74) is 3.59. The van der Waals surface area contributed by atoms with Gasteiger partial charge in [-0.3, -0.25) is 4.79 Å². The number of benzene rings is 2. The molecule has 2 aromatic rings. The van der Waals surface area contributed by atoms with Crippen LogP contribution in [0.25, 0.3) is 0 Å². The Morgan fingerprint density at radius 3 is 2.00 bits per heavy atom. The van der Waals surface area contributed by atoms with Crippen LogP contribution in [0.5, 0.6) is 0 Å². The fourth-order valence-electron chi connectivity index (χ4n) is 4.14. The first-order valence-electron chi connectivity index (χ1n) is 12.3. The molecule has 1 aliphatic rings. The van der Waals surface area contributed by atoms with E-state index in [0.29, 0.717) is 0 Å². The van der Waals surface area contributed by atoms with E-state index >= 15 is 0 Å². The first-order chi connectivity index (χ1) is 16.1. The average Bonchev–Trinajstić information content (AvgIpc) is 2.83. The van der Waals surface area contributed by atoms with E-state index in [9.17, 15) is 4.79 Å². The van der Waals surface area contributed by atoms with Crippen molar-refractivity contribution in [3.8, 4) is 0 Å². The first-order valence-corrected chi connectivity index (χ1v) is 13.7. The third-order valence-corrected chi connectivity index (χ3v) is 7.30. The quantitative estimate of drug-likeness (QED) is 0.342. The van der Waals surface area contributed by atoms with Gasteiger partial charge in [0.1, 0.15) is 0 Å². The lowest BCUT2D eigenvalue weighted by Gasteiger charge is -2.34. The molecule has 33 heavy (non-hydrogen) atoms. The smallest absolute Gasteiger partial charge is 0.283 e. The minimum atomic E-state index is 0.0433. The summed E-state index contributed by atoms with van der Waals surface area (Å²) in [7, 11) is 0. The zero-order chi connectivity index (χ0) is 23.3. The molecule has 0 aromatic heterocycles. The van der Waals surface area contributed by atoms with Crippen LogP contribution in [0, 0.1) is 0 Å². The Morgan fingerprint density at radius 2 is 1.39 bits per heavy atom. The van der Waals surface area contributed by atoms with E-state index in [0.717, 1.165) is 75.0 Å². The monoisotopic (exact) mass is 487 g/mol. The van der Waals surface area contributed by atoms with Crippen molar-refractivity contribution in [2.75, 3.05) is 50.3 Å². The van der Waals surface area contributed by atoms with Crippen molar-refractivity contribution < 1.29 is 4.79 Å². The van der Waals surface area contributed by atoms with Gasteiger partial charge in [0, 0.05) is 42.6 Å². The second-order valence-corrected chi connectivity index (χ2v) is 10.3. The number of hydrogen-bond acceptors (Lipinski definition) is 4. The second-order valence-electron chi connectivity index (χ2n) is 8.83. The van der Waals surface area contributed by atoms with Gasteiger partial charge < -0.3 is 15.1 Å². The molecule has 0 atom stereocenters. The third kappa shape index (κ3) is 10.1. The summed E-state index contributed by atoms with van der Waals surface area (Å²) in [6.45, 7) is 8.98. The Balaban J connectivity index is 1.21. The highest BCUT2D eigenvalue weighted by Gasteiger charge is 2.16. The standard InChI is InChI=1S/C27H38ClN3OS/c1-2-3-6-23-10-14-26(15-11-23)29-27(32)33-22-5-17-31-20-18-30(19-21-31)16-4-7-24-8-12-25(28)13-9-24/h8-15H,2-7,16-22H2,1H3,(H,29,32). The number of aryl methyl sites for hydroxylation is 2. The van der Waals surface area contributed by atoms with Crippen LogP contribution in [0.3, 0.4) is 0 Å². The van der Waals surface area contributed by atoms with E-state index in [4.69, 9.17) is 11.6 Å². The summed E-state index contributed by atoms with van der Waals surface area (Å²) < 4.78 is 0. The van der Waals surface area contributed by atoms with Crippen LogP contribution in [-0.4, -0.2) is 60.1 Å². The maximum Gasteiger partial charge on any atom is 0.283 e. The maximum atomic E-state index is 12.2. The maximum absolute atomic E-state index is 12.2. The normalized spacial score (nSPS) is 15.0. The summed E-state index contributed by atoms with van der Waals surface area (Å²) >= 11 is 7.35. The van der Waals surface area contributed by atoms with Gasteiger partial charge in [-0.25, -0.2) is 0 Å². The lowest BCUT2D eigenvalue weighted by molar-refractivity contribution is 0.132. The van der Waals surface area contributed by atoms with Crippen LogP contribution >= 0.6 is 23.4 Å². The van der Waals surface area contributed by atoms with Gasteiger partial charge in [0.25, 0.3) is 5.24 Å². The van der Waals surface area contributed by atoms with E-state index in [1.165, 1.54) is 42.2 Å². The van der Waals surface area contributed by atoms with Crippen molar-refractivity contribution in [1.29, 1.82) is 0 Å². The van der Waals surface area contributed by atoms with Crippen LogP contribution < -0.4 is 5.32 Å². The Kier molecular flexibility index (Phi) is 11.6. The zero-order valence-electron chi connectivity index (χ0n) is 19.9. The molecule has 1 heterocycles. The number of carbonyl (C=O) groups is 1. The first kappa shape index (κ1) is 26.1. The van der Waals surface area contributed by atoms with Crippen molar-refractivity contribution >= 4 is 34.3 Å². The van der Waals surface area contributed by atoms with Gasteiger partial charge in [0.2, 0.25) is 0 Å². The lowest BCUT2D eigenvalue weighted by Crippen LogP contribution is -2.46. The van der Waals surface area contributed by atoms with Gasteiger partial charge in [0.05, 0.1) is 0 Å². The Labute approximate surface area is 209 Å². The molecule has 2 aromatic carbocycles. The number of unbranched alkanes of at least 4 members (excludes halogenated alkanes) is 1. The van der Waals surface area contributed by atoms with Crippen molar-refractivity contribution in [3.05, 3.63) is 64.7 Å². The molecule has 0 radical (unpaired) electrons. The number of piperazine rings is 1. The fraction of sp³-hybridized carbons (Fsp3) is 0.519. The van der Waals surface area contributed by atoms with Crippen LogP contribution in [0.1, 0.15) is 43.7 Å². The number of thioether (sulfide) groups is 1. The highest BCUT2D eigenvalue weighted by atomic mass is 35.5. The summed E-state index contributed by atoms with van der Waals surface area (Å²) in [6, 6.07) is 16.5. The molecule has 180 valence electrons. The zero-order valence-corrected chi connectivity index (χ0v) is 21.5. The molecule has 1 fully saturated rings. The predicted molar refractivity (Wildman–Crippen MR) is 144 cm³/mol. The molecule has 4 nitrogen and oxygen atoms in total. The minimum Gasteiger partial charge on any atom is -0.317 e. The van der Waals surface area contributed by atoms with E-state index < -0.39 is 0 Å². The molecule has 3 rings (SSSR count). The van der Waals surface area contributed by atoms with Gasteiger partial charge in [-0.2, -0.15) is 0 Å². The van der Waals surface area contributed by atoms with Crippen LogP contribution in [0.4, 0.5) is 10.5 Å². The van der Waals surface area contributed by atoms with Crippen LogP contribution in [0.15, 0.2) is 48.5 Å². The summed E-state index contributed by atoms with van der Waals surface area (Å²) in [4.78, 5) is 17.3. The van der Waals surface area contributed by atoms with Crippen LogP contribution in [-0.2, 0) is 12.8 Å². The molecule has 1 N–H and O–H groups in total. The number of amides is 1. The third-order valence-electron chi connectivity index (χ3n) is 6.19. The summed E-state index contributed by atoms with van der Waals surface area (Å²) in [5, 5.41) is 3.85. The molecule has 0 spiro atoms. The highest BCUT2D eigenvalue weighted by Crippen LogP contribution is 2.16. The van der Waals surface area contributed by atoms with E-state index in [-0.39, 0.29) is 5.24 Å². The SMILES string of the molecule is CCCCc1ccc(NC(=O)SCCCN2CCN(CCCc3ccc(Cl)cc3)CC2)cc1. The second kappa shape index (κ2) is 14.7. The van der Waals surface area contributed by atoms with Gasteiger partial charge in [-0.15, -0.1) is 0 Å². The Hall–Kier alpha value is -1.53. The van der Waals surface area contributed by atoms with Crippen LogP contribution in [0.2, 0.25) is 5.02 Å². The molecule has 0 aliphatic carbocycles. The molecule has 1 saturated heterocycles. The van der Waals surface area contributed by atoms with Crippen molar-refractivity contribution in [1.82, 2.24) is 9.80 Å². The molecular formula is C27H38ClN3OS. The van der Waals surface area contributed by atoms with Crippen molar-refractivity contribution in [2.24, 2.45) is 0 Å². The van der Waals surface area contributed by atoms with Gasteiger partial charge in [-0.1, -0.05) is 61.0 Å². The number of nitrogens with zero attached hydrogens (tertiary/aromatic N) is 2. The molecule has 0 bridgehead atoms. The van der Waals surface area contributed by atoms with Crippen molar-refractivity contribution in [2.45, 2.75) is 45.4 Å². The number of hydrogen-bond donors (Lipinski definition) is 1. The fourth-order valence-corrected chi connectivity index (χ4v) is 4.91. The van der Waals surface area contributed by atoms with E-state index in [1.807, 2.05) is 24.3 Å². The molecule has 1 amide bonds. The van der Waals surface area contributed by atoms with E-state index in [1.54, 1.807) is 0 Å². The molecule has 0 saturated carbocycles. The molecular weight excluding hydrogens is 450 g/mol. The average molecular weight is 488 g/mol. The highest BCUT2D eigenvalue weighted by molar-refractivity contribution is 8.13. The summed E-state index contributed by atoms with van der Waals surface area (Å²) in [6.07, 6.45) is 6.87. The number of anilines is 1. The number of halogens is 1. The minimum absolute atomic E-state index is 0.0433. The molecule has 6 heteroatoms. The Bertz CT molecular complexity index is 820. The van der Waals surface area contributed by atoms with Gasteiger partial charge in [-0.05, 0) is 80.6 Å². The number of rotatable bonds is 12. The molecule has 1 aliphatic heterocycles. The topological polar surface area (TPSA) is 35.6 Å². The summed E-state index contributed by atoms with van der Waals surface area (Å²) in [5.74, 6) is 0.863. The van der Waals surface area contributed by atoms with Gasteiger partial charge >= 0.3 is 0 Å². The molecule has 0 unspecified atom stereocenters. The van der Waals surface area contributed by atoms with E-state index in [2.05, 4.69) is 46.3 Å². The Morgan fingerprint density at radius 1 is 0.848 bits per heavy atom. The largest absolute Gasteiger partial charge is 0.317 e. The predicted octanol–water partition coefficient (Wildman–Crippen LogP) is 6.59. The number of carbonyl (C=O) groups excluding carboxylic acids is 1.